The monoisotopic (exact) mass is 153 g/mol. The number of hydrogen-bond acceptors (Lipinski definition) is 3. The molecular weight excluding hydrogens is 142 g/mol. The summed E-state index contributed by atoms with van der Waals surface area (Å²) in [6.07, 6.45) is 1.76. The van der Waals surface area contributed by atoms with E-state index in [1.807, 2.05) is 0 Å². The van der Waals surface area contributed by atoms with Crippen molar-refractivity contribution in [2.75, 3.05) is 13.2 Å². The van der Waals surface area contributed by atoms with Gasteiger partial charge in [0, 0.05) is 6.54 Å². The van der Waals surface area contributed by atoms with Crippen LogP contribution < -0.4 is 0 Å². The van der Waals surface area contributed by atoms with Gasteiger partial charge in [0.05, 0.1) is 6.07 Å². The minimum atomic E-state index is -0.266. The molecule has 1 atom stereocenters. The van der Waals surface area contributed by atoms with Crippen LogP contribution in [-0.4, -0.2) is 35.0 Å². The van der Waals surface area contributed by atoms with Crippen molar-refractivity contribution in [3.63, 3.8) is 0 Å². The molecule has 1 heterocycles. The Kier molecular flexibility index (Phi) is 2.44. The third-order valence-electron chi connectivity index (χ3n) is 1.90. The molecule has 4 heteroatoms. The second kappa shape index (κ2) is 3.35. The quantitative estimate of drug-likeness (QED) is 0.409. The Hall–Kier alpha value is -1.08. The molecule has 1 fully saturated rings. The molecule has 0 spiro atoms. The standard InChI is InChI=1S/C7H11N3O/c8-4-6-2-1-3-10(6)7(9)5-11/h6,9,11H,1-3,5H2/t6-/m0/s1. The van der Waals surface area contributed by atoms with Gasteiger partial charge in [-0.15, -0.1) is 0 Å². The Morgan fingerprint density at radius 2 is 2.55 bits per heavy atom. The van der Waals surface area contributed by atoms with Gasteiger partial charge in [0.15, 0.2) is 0 Å². The summed E-state index contributed by atoms with van der Waals surface area (Å²) in [6, 6.07) is 1.92. The van der Waals surface area contributed by atoms with E-state index in [2.05, 4.69) is 6.07 Å². The van der Waals surface area contributed by atoms with E-state index in [1.54, 1.807) is 4.90 Å². The summed E-state index contributed by atoms with van der Waals surface area (Å²) in [5.74, 6) is 0.161. The number of aliphatic hydroxyl groups is 1. The fourth-order valence-corrected chi connectivity index (χ4v) is 1.31. The van der Waals surface area contributed by atoms with Crippen molar-refractivity contribution in [1.29, 1.82) is 10.7 Å². The average Bonchev–Trinajstić information content (AvgIpc) is 2.50. The molecule has 0 aliphatic carbocycles. The summed E-state index contributed by atoms with van der Waals surface area (Å²) in [5, 5.41) is 24.5. The van der Waals surface area contributed by atoms with E-state index < -0.39 is 0 Å². The highest BCUT2D eigenvalue weighted by Gasteiger charge is 2.25. The Bertz CT molecular complexity index is 196. The lowest BCUT2D eigenvalue weighted by atomic mass is 10.2. The Morgan fingerprint density at radius 1 is 1.82 bits per heavy atom. The van der Waals surface area contributed by atoms with Gasteiger partial charge >= 0.3 is 0 Å². The number of nitriles is 1. The van der Waals surface area contributed by atoms with Gasteiger partial charge in [0.1, 0.15) is 18.5 Å². The van der Waals surface area contributed by atoms with Crippen molar-refractivity contribution in [2.45, 2.75) is 18.9 Å². The third-order valence-corrected chi connectivity index (χ3v) is 1.90. The minimum absolute atomic E-state index is 0.161. The first-order valence-corrected chi connectivity index (χ1v) is 3.64. The Labute approximate surface area is 65.6 Å². The summed E-state index contributed by atoms with van der Waals surface area (Å²) in [7, 11) is 0. The summed E-state index contributed by atoms with van der Waals surface area (Å²) in [5.41, 5.74) is 0. The summed E-state index contributed by atoms with van der Waals surface area (Å²) in [6.45, 7) is 0.468. The maximum Gasteiger partial charge on any atom is 0.123 e. The van der Waals surface area contributed by atoms with Gasteiger partial charge in [-0.1, -0.05) is 0 Å². The molecule has 1 saturated heterocycles. The number of hydrogen-bond donors (Lipinski definition) is 2. The van der Waals surface area contributed by atoms with Crippen molar-refractivity contribution in [3.8, 4) is 6.07 Å². The zero-order valence-electron chi connectivity index (χ0n) is 6.25. The molecule has 11 heavy (non-hydrogen) atoms. The largest absolute Gasteiger partial charge is 0.388 e. The Balaban J connectivity index is 2.58. The fraction of sp³-hybridized carbons (Fsp3) is 0.714. The van der Waals surface area contributed by atoms with E-state index in [-0.39, 0.29) is 18.5 Å². The molecule has 0 bridgehead atoms. The predicted molar refractivity (Wildman–Crippen MR) is 40.2 cm³/mol. The first kappa shape index (κ1) is 8.02. The molecule has 0 aromatic heterocycles. The lowest BCUT2D eigenvalue weighted by Crippen LogP contribution is -2.35. The molecule has 1 aliphatic rings. The zero-order valence-corrected chi connectivity index (χ0v) is 6.25. The van der Waals surface area contributed by atoms with E-state index in [9.17, 15) is 0 Å². The van der Waals surface area contributed by atoms with Gasteiger partial charge in [-0.3, -0.25) is 5.41 Å². The molecular formula is C7H11N3O. The van der Waals surface area contributed by atoms with Crippen LogP contribution >= 0.6 is 0 Å². The fourth-order valence-electron chi connectivity index (χ4n) is 1.31. The highest BCUT2D eigenvalue weighted by atomic mass is 16.3. The maximum absolute atomic E-state index is 8.63. The van der Waals surface area contributed by atoms with Gasteiger partial charge in [-0.05, 0) is 12.8 Å². The molecule has 0 saturated carbocycles. The van der Waals surface area contributed by atoms with E-state index in [1.165, 1.54) is 0 Å². The number of amidine groups is 1. The molecule has 0 aromatic rings. The van der Waals surface area contributed by atoms with E-state index in [4.69, 9.17) is 15.8 Å². The highest BCUT2D eigenvalue weighted by Crippen LogP contribution is 2.15. The van der Waals surface area contributed by atoms with Crippen molar-refractivity contribution in [2.24, 2.45) is 0 Å². The van der Waals surface area contributed by atoms with Crippen LogP contribution in [0.15, 0.2) is 0 Å². The number of rotatable bonds is 1. The van der Waals surface area contributed by atoms with Crippen LogP contribution in [0.25, 0.3) is 0 Å². The molecule has 4 nitrogen and oxygen atoms in total. The molecule has 0 aromatic carbocycles. The third kappa shape index (κ3) is 1.49. The van der Waals surface area contributed by atoms with Crippen LogP contribution in [0.2, 0.25) is 0 Å². The first-order chi connectivity index (χ1) is 5.29. The highest BCUT2D eigenvalue weighted by molar-refractivity contribution is 5.81. The lowest BCUT2D eigenvalue weighted by Gasteiger charge is -2.20. The van der Waals surface area contributed by atoms with Gasteiger partial charge in [0.25, 0.3) is 0 Å². The van der Waals surface area contributed by atoms with Crippen LogP contribution in [0.5, 0.6) is 0 Å². The van der Waals surface area contributed by atoms with E-state index >= 15 is 0 Å². The smallest absolute Gasteiger partial charge is 0.123 e. The van der Waals surface area contributed by atoms with Crippen LogP contribution in [0, 0.1) is 16.7 Å². The zero-order chi connectivity index (χ0) is 8.27. The predicted octanol–water partition coefficient (Wildman–Crippen LogP) is -0.0561. The SMILES string of the molecule is N#C[C@@H]1CCCN1C(=N)CO. The Morgan fingerprint density at radius 3 is 3.09 bits per heavy atom. The van der Waals surface area contributed by atoms with E-state index in [0.717, 1.165) is 19.4 Å². The van der Waals surface area contributed by atoms with Crippen LogP contribution in [0.4, 0.5) is 0 Å². The average molecular weight is 153 g/mol. The van der Waals surface area contributed by atoms with Gasteiger partial charge in [-0.25, -0.2) is 0 Å². The van der Waals surface area contributed by atoms with Crippen molar-refractivity contribution in [3.05, 3.63) is 0 Å². The topological polar surface area (TPSA) is 71.1 Å². The molecule has 1 rings (SSSR count). The van der Waals surface area contributed by atoms with Gasteiger partial charge in [-0.2, -0.15) is 5.26 Å². The van der Waals surface area contributed by atoms with Crippen LogP contribution in [-0.2, 0) is 0 Å². The summed E-state index contributed by atoms with van der Waals surface area (Å²) >= 11 is 0. The minimum Gasteiger partial charge on any atom is -0.388 e. The van der Waals surface area contributed by atoms with Gasteiger partial charge < -0.3 is 10.0 Å². The lowest BCUT2D eigenvalue weighted by molar-refractivity contribution is 0.322. The normalized spacial score (nSPS) is 23.3. The number of likely N-dealkylation sites (tertiary alicyclic amines) is 1. The van der Waals surface area contributed by atoms with Crippen molar-refractivity contribution in [1.82, 2.24) is 4.90 Å². The molecule has 60 valence electrons. The van der Waals surface area contributed by atoms with Gasteiger partial charge in [0.2, 0.25) is 0 Å². The molecule has 2 N–H and O–H groups in total. The van der Waals surface area contributed by atoms with Crippen molar-refractivity contribution >= 4 is 5.84 Å². The molecule has 0 radical (unpaired) electrons. The van der Waals surface area contributed by atoms with E-state index in [0.29, 0.717) is 0 Å². The van der Waals surface area contributed by atoms with Crippen LogP contribution in [0.1, 0.15) is 12.8 Å². The number of aliphatic hydroxyl groups excluding tert-OH is 1. The summed E-state index contributed by atoms with van der Waals surface area (Å²) < 4.78 is 0. The summed E-state index contributed by atoms with van der Waals surface area (Å²) in [4.78, 5) is 1.65. The number of nitrogens with zero attached hydrogens (tertiary/aromatic N) is 2. The maximum atomic E-state index is 8.63. The molecule has 0 amide bonds. The molecule has 0 unspecified atom stereocenters. The molecule has 1 aliphatic heterocycles. The second-order valence-electron chi connectivity index (χ2n) is 2.59. The first-order valence-electron chi connectivity index (χ1n) is 3.64. The van der Waals surface area contributed by atoms with Crippen molar-refractivity contribution < 1.29 is 5.11 Å². The number of nitrogens with one attached hydrogen (secondary N) is 1. The van der Waals surface area contributed by atoms with Crippen LogP contribution in [0.3, 0.4) is 0 Å². The second-order valence-corrected chi connectivity index (χ2v) is 2.59.